The van der Waals surface area contributed by atoms with Crippen LogP contribution in [0.25, 0.3) is 0 Å². The largest absolute Gasteiger partial charge is 0.493 e. The molecule has 0 radical (unpaired) electrons. The standard InChI is InChI=1S/C17H28N2O3/c1-4-7-18-8-10-19(11-9-18)15(13-20)14-5-6-16(21-2)17(12-14)22-3/h5-6,12,15,20H,4,7-11,13H2,1-3H3. The van der Waals surface area contributed by atoms with Gasteiger partial charge < -0.3 is 19.5 Å². The normalized spacial score (nSPS) is 18.2. The van der Waals surface area contributed by atoms with Crippen LogP contribution in [-0.2, 0) is 0 Å². The van der Waals surface area contributed by atoms with Gasteiger partial charge in [0.25, 0.3) is 0 Å². The molecule has 0 aromatic heterocycles. The number of benzene rings is 1. The summed E-state index contributed by atoms with van der Waals surface area (Å²) < 4.78 is 10.7. The molecule has 1 heterocycles. The van der Waals surface area contributed by atoms with Crippen molar-refractivity contribution in [1.29, 1.82) is 0 Å². The summed E-state index contributed by atoms with van der Waals surface area (Å²) in [4.78, 5) is 4.84. The van der Waals surface area contributed by atoms with Crippen LogP contribution >= 0.6 is 0 Å². The van der Waals surface area contributed by atoms with E-state index in [2.05, 4.69) is 16.7 Å². The molecule has 5 nitrogen and oxygen atoms in total. The molecule has 1 unspecified atom stereocenters. The minimum absolute atomic E-state index is 0.0172. The Morgan fingerprint density at radius 1 is 1.09 bits per heavy atom. The molecule has 1 aromatic rings. The van der Waals surface area contributed by atoms with Crippen molar-refractivity contribution in [3.8, 4) is 11.5 Å². The van der Waals surface area contributed by atoms with Crippen LogP contribution in [0.15, 0.2) is 18.2 Å². The molecular formula is C17H28N2O3. The number of methoxy groups -OCH3 is 2. The molecule has 0 bridgehead atoms. The lowest BCUT2D eigenvalue weighted by Crippen LogP contribution is -2.48. The lowest BCUT2D eigenvalue weighted by Gasteiger charge is -2.38. The average Bonchev–Trinajstić information content (AvgIpc) is 2.57. The molecule has 1 N–H and O–H groups in total. The molecular weight excluding hydrogens is 280 g/mol. The molecule has 1 aliphatic heterocycles. The molecule has 0 saturated carbocycles. The Morgan fingerprint density at radius 2 is 1.77 bits per heavy atom. The van der Waals surface area contributed by atoms with Gasteiger partial charge in [0.1, 0.15) is 0 Å². The van der Waals surface area contributed by atoms with Gasteiger partial charge in [0.05, 0.1) is 26.9 Å². The Bertz CT molecular complexity index is 459. The highest BCUT2D eigenvalue weighted by Gasteiger charge is 2.25. The van der Waals surface area contributed by atoms with Crippen LogP contribution in [-0.4, -0.2) is 68.5 Å². The number of aliphatic hydroxyl groups excluding tert-OH is 1. The molecule has 1 aromatic carbocycles. The predicted octanol–water partition coefficient (Wildman–Crippen LogP) is 1.76. The Hall–Kier alpha value is -1.30. The monoisotopic (exact) mass is 308 g/mol. The van der Waals surface area contributed by atoms with Crippen LogP contribution < -0.4 is 9.47 Å². The molecule has 1 saturated heterocycles. The maximum Gasteiger partial charge on any atom is 0.161 e. The van der Waals surface area contributed by atoms with Crippen molar-refractivity contribution < 1.29 is 14.6 Å². The Balaban J connectivity index is 2.08. The van der Waals surface area contributed by atoms with Crippen molar-refractivity contribution in [2.75, 3.05) is 53.6 Å². The molecule has 2 rings (SSSR count). The molecule has 0 spiro atoms. The second-order valence-electron chi connectivity index (χ2n) is 5.69. The molecule has 5 heteroatoms. The quantitative estimate of drug-likeness (QED) is 0.832. The highest BCUT2D eigenvalue weighted by atomic mass is 16.5. The molecule has 1 atom stereocenters. The van der Waals surface area contributed by atoms with E-state index < -0.39 is 0 Å². The van der Waals surface area contributed by atoms with Crippen molar-refractivity contribution in [3.63, 3.8) is 0 Å². The molecule has 1 fully saturated rings. The summed E-state index contributed by atoms with van der Waals surface area (Å²) in [5, 5.41) is 9.86. The van der Waals surface area contributed by atoms with E-state index in [-0.39, 0.29) is 12.6 Å². The first-order chi connectivity index (χ1) is 10.7. The van der Waals surface area contributed by atoms with Crippen LogP contribution in [0.3, 0.4) is 0 Å². The number of hydrogen-bond acceptors (Lipinski definition) is 5. The van der Waals surface area contributed by atoms with Gasteiger partial charge in [-0.1, -0.05) is 13.0 Å². The molecule has 1 aliphatic rings. The zero-order valence-electron chi connectivity index (χ0n) is 13.9. The van der Waals surface area contributed by atoms with Crippen molar-refractivity contribution in [3.05, 3.63) is 23.8 Å². The van der Waals surface area contributed by atoms with E-state index in [0.717, 1.165) is 44.0 Å². The van der Waals surface area contributed by atoms with Gasteiger partial charge in [0, 0.05) is 26.2 Å². The molecule has 22 heavy (non-hydrogen) atoms. The van der Waals surface area contributed by atoms with Crippen molar-refractivity contribution >= 4 is 0 Å². The summed E-state index contributed by atoms with van der Waals surface area (Å²) >= 11 is 0. The second kappa shape index (κ2) is 8.36. The van der Waals surface area contributed by atoms with Crippen LogP contribution in [0, 0.1) is 0 Å². The van der Waals surface area contributed by atoms with E-state index in [1.54, 1.807) is 14.2 Å². The van der Waals surface area contributed by atoms with Crippen LogP contribution in [0.2, 0.25) is 0 Å². The molecule has 0 aliphatic carbocycles. The van der Waals surface area contributed by atoms with Crippen LogP contribution in [0.4, 0.5) is 0 Å². The van der Waals surface area contributed by atoms with Crippen molar-refractivity contribution in [1.82, 2.24) is 9.80 Å². The number of ether oxygens (including phenoxy) is 2. The minimum atomic E-state index is 0.0172. The third-order valence-electron chi connectivity index (χ3n) is 4.35. The maximum absolute atomic E-state index is 9.86. The lowest BCUT2D eigenvalue weighted by molar-refractivity contribution is 0.0650. The van der Waals surface area contributed by atoms with Crippen LogP contribution in [0.1, 0.15) is 24.9 Å². The van der Waals surface area contributed by atoms with Crippen molar-refractivity contribution in [2.24, 2.45) is 0 Å². The lowest BCUT2D eigenvalue weighted by atomic mass is 10.0. The van der Waals surface area contributed by atoms with Gasteiger partial charge in [-0.3, -0.25) is 4.90 Å². The van der Waals surface area contributed by atoms with E-state index in [1.807, 2.05) is 18.2 Å². The second-order valence-corrected chi connectivity index (χ2v) is 5.69. The number of nitrogens with zero attached hydrogens (tertiary/aromatic N) is 2. The zero-order chi connectivity index (χ0) is 15.9. The predicted molar refractivity (Wildman–Crippen MR) is 87.7 cm³/mol. The van der Waals surface area contributed by atoms with E-state index in [0.29, 0.717) is 5.75 Å². The van der Waals surface area contributed by atoms with Gasteiger partial charge in [-0.2, -0.15) is 0 Å². The maximum atomic E-state index is 9.86. The van der Waals surface area contributed by atoms with E-state index in [9.17, 15) is 5.11 Å². The first-order valence-electron chi connectivity index (χ1n) is 8.02. The summed E-state index contributed by atoms with van der Waals surface area (Å²) in [6.07, 6.45) is 1.19. The topological polar surface area (TPSA) is 45.2 Å². The fourth-order valence-electron chi connectivity index (χ4n) is 3.11. The number of aliphatic hydroxyl groups is 1. The first kappa shape index (κ1) is 17.1. The number of piperazine rings is 1. The Morgan fingerprint density at radius 3 is 2.32 bits per heavy atom. The van der Waals surface area contributed by atoms with Gasteiger partial charge in [-0.15, -0.1) is 0 Å². The van der Waals surface area contributed by atoms with Gasteiger partial charge >= 0.3 is 0 Å². The Kier molecular flexibility index (Phi) is 6.49. The average molecular weight is 308 g/mol. The fourth-order valence-corrected chi connectivity index (χ4v) is 3.11. The molecule has 0 amide bonds. The van der Waals surface area contributed by atoms with E-state index in [1.165, 1.54) is 6.42 Å². The van der Waals surface area contributed by atoms with Gasteiger partial charge in [0.2, 0.25) is 0 Å². The summed E-state index contributed by atoms with van der Waals surface area (Å²) in [7, 11) is 3.27. The van der Waals surface area contributed by atoms with Gasteiger partial charge in [-0.25, -0.2) is 0 Å². The third-order valence-corrected chi connectivity index (χ3v) is 4.35. The highest BCUT2D eigenvalue weighted by molar-refractivity contribution is 5.43. The van der Waals surface area contributed by atoms with Crippen molar-refractivity contribution in [2.45, 2.75) is 19.4 Å². The van der Waals surface area contributed by atoms with Gasteiger partial charge in [-0.05, 0) is 30.7 Å². The summed E-state index contributed by atoms with van der Waals surface area (Å²) in [5.41, 5.74) is 1.07. The first-order valence-corrected chi connectivity index (χ1v) is 8.02. The minimum Gasteiger partial charge on any atom is -0.493 e. The SMILES string of the molecule is CCCN1CCN(C(CO)c2ccc(OC)c(OC)c2)CC1. The zero-order valence-corrected chi connectivity index (χ0v) is 13.9. The smallest absolute Gasteiger partial charge is 0.161 e. The summed E-state index contributed by atoms with van der Waals surface area (Å²) in [6, 6.07) is 5.91. The number of rotatable bonds is 7. The summed E-state index contributed by atoms with van der Waals surface area (Å²) in [5.74, 6) is 1.43. The highest BCUT2D eigenvalue weighted by Crippen LogP contribution is 2.32. The Labute approximate surface area is 133 Å². The van der Waals surface area contributed by atoms with E-state index >= 15 is 0 Å². The third kappa shape index (κ3) is 3.91. The van der Waals surface area contributed by atoms with Crippen LogP contribution in [0.5, 0.6) is 11.5 Å². The van der Waals surface area contributed by atoms with E-state index in [4.69, 9.17) is 9.47 Å². The number of hydrogen-bond donors (Lipinski definition) is 1. The summed E-state index contributed by atoms with van der Waals surface area (Å²) in [6.45, 7) is 7.60. The van der Waals surface area contributed by atoms with Gasteiger partial charge in [0.15, 0.2) is 11.5 Å². The fraction of sp³-hybridized carbons (Fsp3) is 0.647. The molecule has 124 valence electrons.